The SMILES string of the molecule is C=CCO[C@@]12Oc3ccc(Oc4ccc(SC)cc4)cc3[C@H]3[C@H](CCCCO)[C@@H](CCCCO)C=C(C(=NOC(C)(C)C)C[C@@H]1N(CCC)C(=O)OCCCCCCCCCCCC)[C@H]32. The van der Waals surface area contributed by atoms with E-state index >= 15 is 0 Å². The van der Waals surface area contributed by atoms with Gasteiger partial charge < -0.3 is 34.0 Å². The van der Waals surface area contributed by atoms with Crippen LogP contribution >= 0.6 is 11.8 Å². The molecule has 1 saturated carbocycles. The molecule has 362 valence electrons. The van der Waals surface area contributed by atoms with Crippen LogP contribution in [0.1, 0.15) is 162 Å². The summed E-state index contributed by atoms with van der Waals surface area (Å²) in [6, 6.07) is 13.6. The smallest absolute Gasteiger partial charge is 0.410 e. The Morgan fingerprint density at radius 2 is 1.55 bits per heavy atom. The van der Waals surface area contributed by atoms with Crippen LogP contribution in [-0.4, -0.2) is 83.6 Å². The van der Waals surface area contributed by atoms with Crippen molar-refractivity contribution >= 4 is 23.6 Å². The van der Waals surface area contributed by atoms with Crippen molar-refractivity contribution in [3.63, 3.8) is 0 Å². The zero-order valence-electron chi connectivity index (χ0n) is 40.7. The monoisotopic (exact) mass is 919 g/mol. The molecule has 0 spiro atoms. The van der Waals surface area contributed by atoms with E-state index in [1.165, 1.54) is 44.9 Å². The van der Waals surface area contributed by atoms with Crippen molar-refractivity contribution in [2.75, 3.05) is 39.2 Å². The number of hydrogen-bond acceptors (Lipinski definition) is 10. The fourth-order valence-electron chi connectivity index (χ4n) is 10.1. The van der Waals surface area contributed by atoms with E-state index in [0.29, 0.717) is 50.3 Å². The summed E-state index contributed by atoms with van der Waals surface area (Å²) >= 11 is 1.69. The number of aliphatic hydroxyl groups excluding tert-OH is 2. The van der Waals surface area contributed by atoms with Crippen LogP contribution in [0.15, 0.2) is 76.8 Å². The number of aliphatic hydroxyl groups is 2. The minimum absolute atomic E-state index is 0.103. The lowest BCUT2D eigenvalue weighted by Crippen LogP contribution is -2.70. The lowest BCUT2D eigenvalue weighted by atomic mass is 9.55. The average molecular weight is 919 g/mol. The number of thioether (sulfide) groups is 1. The van der Waals surface area contributed by atoms with Crippen LogP contribution in [0.4, 0.5) is 4.79 Å². The van der Waals surface area contributed by atoms with Gasteiger partial charge in [-0.3, -0.25) is 4.90 Å². The number of nitrogens with zero attached hydrogens (tertiary/aromatic N) is 2. The maximum atomic E-state index is 14.6. The van der Waals surface area contributed by atoms with Crippen molar-refractivity contribution < 1.29 is 38.8 Å². The third-order valence-electron chi connectivity index (χ3n) is 13.2. The summed E-state index contributed by atoms with van der Waals surface area (Å²) in [7, 11) is 0. The van der Waals surface area contributed by atoms with E-state index in [4.69, 9.17) is 28.9 Å². The lowest BCUT2D eigenvalue weighted by Gasteiger charge is -2.60. The van der Waals surface area contributed by atoms with Crippen LogP contribution in [-0.2, 0) is 14.3 Å². The van der Waals surface area contributed by atoms with Gasteiger partial charge in [0.2, 0.25) is 5.79 Å². The van der Waals surface area contributed by atoms with Gasteiger partial charge in [-0.15, -0.1) is 18.3 Å². The van der Waals surface area contributed by atoms with Crippen molar-refractivity contribution in [1.29, 1.82) is 0 Å². The summed E-state index contributed by atoms with van der Waals surface area (Å²) in [6.07, 6.45) is 23.7. The highest BCUT2D eigenvalue weighted by molar-refractivity contribution is 7.98. The van der Waals surface area contributed by atoms with E-state index in [1.54, 1.807) is 17.8 Å². The molecule has 3 aliphatic rings. The average Bonchev–Trinajstić information content (AvgIpc) is 3.29. The Balaban J connectivity index is 1.60. The molecule has 1 aliphatic heterocycles. The molecular formula is C54H82N2O8S. The first-order valence-electron chi connectivity index (χ1n) is 25.1. The van der Waals surface area contributed by atoms with Gasteiger partial charge in [0.25, 0.3) is 0 Å². The Morgan fingerprint density at radius 3 is 2.18 bits per heavy atom. The molecule has 2 aliphatic carbocycles. The Labute approximate surface area is 395 Å². The summed E-state index contributed by atoms with van der Waals surface area (Å²) in [5.74, 6) is 0.452. The molecule has 1 fully saturated rings. The van der Waals surface area contributed by atoms with E-state index < -0.39 is 23.3 Å². The maximum Gasteiger partial charge on any atom is 0.410 e. The standard InChI is InChI=1S/C54H82N2O8S/c1-8-11-12-13-14-15-16-17-18-23-36-60-52(59)56(32-9-2)49-39-47(55-64-53(4,5)6)45-37-40(24-19-21-33-57)44(25-20-22-34-58)50-46-38-42(62-41-26-29-43(65-7)30-27-41)28-31-48(46)63-54(49,51(45)50)61-35-10-3/h10,26-31,37-38,40,44,49-51,57-58H,3,8-9,11-25,32-36,39H2,1-2,4-7H3/t40-,44+,49-,50+,51+,54+/m0/s1. The van der Waals surface area contributed by atoms with Crippen molar-refractivity contribution in [3.05, 3.63) is 72.3 Å². The highest BCUT2D eigenvalue weighted by atomic mass is 32.2. The fraction of sp³-hybridized carbons (Fsp3) is 0.667. The molecule has 0 unspecified atom stereocenters. The van der Waals surface area contributed by atoms with Crippen LogP contribution in [0, 0.1) is 17.8 Å². The summed E-state index contributed by atoms with van der Waals surface area (Å²) in [5.41, 5.74) is 2.23. The van der Waals surface area contributed by atoms with Crippen molar-refractivity contribution in [3.8, 4) is 17.2 Å². The predicted octanol–water partition coefficient (Wildman–Crippen LogP) is 13.4. The second-order valence-corrected chi connectivity index (χ2v) is 20.1. The molecule has 6 atom stereocenters. The van der Waals surface area contributed by atoms with Crippen molar-refractivity contribution in [1.82, 2.24) is 4.90 Å². The third kappa shape index (κ3) is 14.5. The first-order valence-corrected chi connectivity index (χ1v) is 26.3. The second-order valence-electron chi connectivity index (χ2n) is 19.2. The molecular weight excluding hydrogens is 837 g/mol. The number of hydrogen-bond donors (Lipinski definition) is 2. The van der Waals surface area contributed by atoms with Crippen LogP contribution in [0.3, 0.4) is 0 Å². The zero-order chi connectivity index (χ0) is 46.7. The largest absolute Gasteiger partial charge is 0.459 e. The van der Waals surface area contributed by atoms with Gasteiger partial charge in [-0.2, -0.15) is 0 Å². The van der Waals surface area contributed by atoms with E-state index in [2.05, 4.69) is 51.0 Å². The lowest BCUT2D eigenvalue weighted by molar-refractivity contribution is -0.255. The number of rotatable bonds is 29. The normalized spacial score (nSPS) is 22.9. The van der Waals surface area contributed by atoms with Gasteiger partial charge in [0.05, 0.1) is 24.8 Å². The summed E-state index contributed by atoms with van der Waals surface area (Å²) in [4.78, 5) is 23.9. The zero-order valence-corrected chi connectivity index (χ0v) is 41.5. The number of amides is 1. The van der Waals surface area contributed by atoms with E-state index in [9.17, 15) is 15.0 Å². The Hall–Kier alpha value is -3.51. The molecule has 0 bridgehead atoms. The maximum absolute atomic E-state index is 14.6. The molecule has 2 aromatic carbocycles. The topological polar surface area (TPSA) is 119 Å². The highest BCUT2D eigenvalue weighted by Crippen LogP contribution is 2.62. The Kier molecular flexibility index (Phi) is 21.6. The molecule has 1 amide bonds. The molecule has 1 heterocycles. The Bertz CT molecular complexity index is 1810. The Morgan fingerprint density at radius 1 is 0.892 bits per heavy atom. The third-order valence-corrected chi connectivity index (χ3v) is 13.9. The second kappa shape index (κ2) is 26.7. The van der Waals surface area contributed by atoms with E-state index in [0.717, 1.165) is 72.4 Å². The van der Waals surface area contributed by atoms with Gasteiger partial charge in [-0.25, -0.2) is 4.79 Å². The predicted molar refractivity (Wildman–Crippen MR) is 264 cm³/mol. The molecule has 11 heteroatoms. The summed E-state index contributed by atoms with van der Waals surface area (Å²) < 4.78 is 27.3. The molecule has 2 N–H and O–H groups in total. The highest BCUT2D eigenvalue weighted by Gasteiger charge is 2.65. The first kappa shape index (κ1) is 52.5. The minimum atomic E-state index is -1.34. The molecule has 10 nitrogen and oxygen atoms in total. The van der Waals surface area contributed by atoms with E-state index in [1.807, 2.05) is 49.9 Å². The summed E-state index contributed by atoms with van der Waals surface area (Å²) in [5, 5.41) is 24.9. The number of unbranched alkanes of at least 4 members (excludes halogenated alkanes) is 11. The fourth-order valence-corrected chi connectivity index (χ4v) is 10.5. The van der Waals surface area contributed by atoms with Crippen LogP contribution in [0.5, 0.6) is 17.2 Å². The molecule has 0 aromatic heterocycles. The number of benzene rings is 2. The summed E-state index contributed by atoms with van der Waals surface area (Å²) in [6.45, 7) is 15.6. The van der Waals surface area contributed by atoms with E-state index in [-0.39, 0.29) is 43.7 Å². The number of ether oxygens (including phenoxy) is 4. The van der Waals surface area contributed by atoms with Gasteiger partial charge in [0.15, 0.2) is 0 Å². The van der Waals surface area contributed by atoms with Gasteiger partial charge in [0.1, 0.15) is 28.9 Å². The first-order chi connectivity index (χ1) is 31.5. The quantitative estimate of drug-likeness (QED) is 0.0356. The molecule has 65 heavy (non-hydrogen) atoms. The number of fused-ring (bicyclic) bond motifs is 2. The van der Waals surface area contributed by atoms with Crippen molar-refractivity contribution in [2.45, 2.75) is 178 Å². The molecule has 2 aromatic rings. The number of carbonyl (C=O) groups is 1. The molecule has 5 rings (SSSR count). The van der Waals surface area contributed by atoms with Gasteiger partial charge in [-0.1, -0.05) is 102 Å². The molecule has 0 saturated heterocycles. The molecule has 0 radical (unpaired) electrons. The van der Waals surface area contributed by atoms with Crippen molar-refractivity contribution in [2.24, 2.45) is 22.9 Å². The number of allylic oxidation sites excluding steroid dienone is 1. The van der Waals surface area contributed by atoms with Gasteiger partial charge >= 0.3 is 6.09 Å². The van der Waals surface area contributed by atoms with Gasteiger partial charge in [-0.05, 0) is 125 Å². The number of oxime groups is 1. The van der Waals surface area contributed by atoms with Crippen LogP contribution in [0.2, 0.25) is 0 Å². The number of carbonyl (C=O) groups excluding carboxylic acids is 1. The van der Waals surface area contributed by atoms with Crippen LogP contribution in [0.25, 0.3) is 0 Å². The van der Waals surface area contributed by atoms with Crippen LogP contribution < -0.4 is 9.47 Å². The van der Waals surface area contributed by atoms with Gasteiger partial charge in [0, 0.05) is 42.6 Å². The minimum Gasteiger partial charge on any atom is -0.459 e.